The van der Waals surface area contributed by atoms with E-state index in [4.69, 9.17) is 16.3 Å². The van der Waals surface area contributed by atoms with Gasteiger partial charge in [-0.2, -0.15) is 0 Å². The molecule has 0 aliphatic carbocycles. The van der Waals surface area contributed by atoms with Gasteiger partial charge in [-0.05, 0) is 54.4 Å². The highest BCUT2D eigenvalue weighted by Gasteiger charge is 2.20. The van der Waals surface area contributed by atoms with Gasteiger partial charge in [-0.1, -0.05) is 23.7 Å². The van der Waals surface area contributed by atoms with Crippen molar-refractivity contribution in [2.24, 2.45) is 0 Å². The van der Waals surface area contributed by atoms with Crippen molar-refractivity contribution < 1.29 is 13.2 Å². The summed E-state index contributed by atoms with van der Waals surface area (Å²) in [6.45, 7) is 3.01. The van der Waals surface area contributed by atoms with Gasteiger partial charge in [0.1, 0.15) is 12.4 Å². The maximum atomic E-state index is 13.1. The monoisotopic (exact) mass is 512 g/mol. The predicted octanol–water partition coefficient (Wildman–Crippen LogP) is 3.47. The molecule has 0 spiro atoms. The molecule has 0 amide bonds. The first-order valence-corrected chi connectivity index (χ1v) is 12.6. The van der Waals surface area contributed by atoms with Gasteiger partial charge in [-0.25, -0.2) is 8.42 Å². The fraction of sp³-hybridized carbons (Fsp3) is 0.167. The Hall–Kier alpha value is -3.76. The van der Waals surface area contributed by atoms with Crippen LogP contribution in [-0.2, 0) is 10.0 Å². The fourth-order valence-corrected chi connectivity index (χ4v) is 5.68. The molecule has 3 N–H and O–H groups in total. The molecule has 35 heavy (non-hydrogen) atoms. The predicted molar refractivity (Wildman–Crippen MR) is 136 cm³/mol. The molecule has 1 aromatic heterocycles. The maximum Gasteiger partial charge on any atom is 0.314 e. The molecule has 0 unspecified atom stereocenters. The number of fused-ring (bicyclic) bond motifs is 2. The van der Waals surface area contributed by atoms with E-state index >= 15 is 0 Å². The first kappa shape index (κ1) is 23.0. The van der Waals surface area contributed by atoms with Crippen LogP contribution in [0.15, 0.2) is 63.0 Å². The van der Waals surface area contributed by atoms with Crippen molar-refractivity contribution in [1.29, 1.82) is 0 Å². The zero-order valence-electron chi connectivity index (χ0n) is 18.8. The molecule has 0 atom stereocenters. The maximum absolute atomic E-state index is 13.1. The normalized spacial score (nSPS) is 13.4. The van der Waals surface area contributed by atoms with Crippen LogP contribution in [0.5, 0.6) is 5.75 Å². The van der Waals surface area contributed by atoms with Gasteiger partial charge >= 0.3 is 11.1 Å². The number of hydrogen-bond donors (Lipinski definition) is 3. The lowest BCUT2D eigenvalue weighted by molar-refractivity contribution is 0.311. The average molecular weight is 513 g/mol. The molecule has 0 fully saturated rings. The average Bonchev–Trinajstić information content (AvgIpc) is 2.79. The Bertz CT molecular complexity index is 1710. The third-order valence-electron chi connectivity index (χ3n) is 5.89. The summed E-state index contributed by atoms with van der Waals surface area (Å²) < 4.78 is 34.6. The van der Waals surface area contributed by atoms with Gasteiger partial charge < -0.3 is 19.6 Å². The van der Waals surface area contributed by atoms with Crippen molar-refractivity contribution in [2.45, 2.75) is 11.8 Å². The van der Waals surface area contributed by atoms with Gasteiger partial charge in [-0.15, -0.1) is 0 Å². The van der Waals surface area contributed by atoms with Crippen LogP contribution in [0, 0.1) is 6.92 Å². The first-order valence-electron chi connectivity index (χ1n) is 10.7. The summed E-state index contributed by atoms with van der Waals surface area (Å²) in [5.74, 6) is 0.767. The Morgan fingerprint density at radius 1 is 1.00 bits per heavy atom. The number of aromatic amines is 2. The van der Waals surface area contributed by atoms with Crippen molar-refractivity contribution in [3.05, 3.63) is 79.8 Å². The van der Waals surface area contributed by atoms with E-state index in [2.05, 4.69) is 19.6 Å². The Morgan fingerprint density at radius 2 is 1.71 bits per heavy atom. The van der Waals surface area contributed by atoms with Gasteiger partial charge in [-0.3, -0.25) is 14.3 Å². The number of H-pyrrole nitrogens is 2. The number of anilines is 2. The molecular formula is C24H21ClN4O5S. The zero-order valence-corrected chi connectivity index (χ0v) is 20.4. The molecule has 2 heterocycles. The minimum atomic E-state index is -4.02. The van der Waals surface area contributed by atoms with Crippen LogP contribution in [-0.4, -0.2) is 38.6 Å². The van der Waals surface area contributed by atoms with Gasteiger partial charge in [0.05, 0.1) is 38.9 Å². The number of likely N-dealkylation sites (N-methyl/N-ethyl adjacent to an activating group) is 1. The highest BCUT2D eigenvalue weighted by molar-refractivity contribution is 7.92. The second kappa shape index (κ2) is 8.47. The number of rotatable bonds is 4. The van der Waals surface area contributed by atoms with Gasteiger partial charge in [0.15, 0.2) is 0 Å². The summed E-state index contributed by atoms with van der Waals surface area (Å²) in [5.41, 5.74) is 2.12. The molecule has 1 aliphatic rings. The number of nitrogens with zero attached hydrogens (tertiary/aromatic N) is 1. The molecule has 0 radical (unpaired) electrons. The van der Waals surface area contributed by atoms with Crippen LogP contribution in [0.25, 0.3) is 22.2 Å². The molecule has 0 saturated heterocycles. The van der Waals surface area contributed by atoms with E-state index in [9.17, 15) is 18.0 Å². The minimum absolute atomic E-state index is 0.0381. The van der Waals surface area contributed by atoms with Crippen molar-refractivity contribution >= 4 is 44.0 Å². The van der Waals surface area contributed by atoms with E-state index in [1.165, 1.54) is 18.2 Å². The third-order valence-corrected chi connectivity index (χ3v) is 7.73. The molecule has 11 heteroatoms. The molecule has 9 nitrogen and oxygen atoms in total. The molecular weight excluding hydrogens is 492 g/mol. The highest BCUT2D eigenvalue weighted by atomic mass is 35.5. The van der Waals surface area contributed by atoms with Crippen molar-refractivity contribution in [2.75, 3.05) is 29.8 Å². The molecule has 3 aromatic carbocycles. The van der Waals surface area contributed by atoms with E-state index in [1.807, 2.05) is 25.2 Å². The van der Waals surface area contributed by atoms with Crippen LogP contribution in [0.1, 0.15) is 5.56 Å². The van der Waals surface area contributed by atoms with Crippen molar-refractivity contribution in [3.8, 4) is 16.9 Å². The second-order valence-corrected chi connectivity index (χ2v) is 10.4. The zero-order chi connectivity index (χ0) is 24.9. The standard InChI is InChI=1S/C24H21ClN4O5S/c1-13-9-18-19(27-24(31)23(30)26-18)12-22(13)35(32,33)28-15-4-5-16(17(25)11-15)14-3-6-20-21(10-14)34-8-7-29(20)2/h3-6,9-12,28H,7-8H2,1-2H3,(H,26,30)(H,27,31). The van der Waals surface area contributed by atoms with Crippen LogP contribution >= 0.6 is 11.6 Å². The number of aryl methyl sites for hydroxylation is 1. The lowest BCUT2D eigenvalue weighted by Crippen LogP contribution is -2.29. The molecule has 5 rings (SSSR count). The number of sulfonamides is 1. The molecule has 180 valence electrons. The van der Waals surface area contributed by atoms with E-state index in [0.29, 0.717) is 22.7 Å². The second-order valence-electron chi connectivity index (χ2n) is 8.32. The van der Waals surface area contributed by atoms with Gasteiger partial charge in [0, 0.05) is 12.6 Å². The Kier molecular flexibility index (Phi) is 5.57. The van der Waals surface area contributed by atoms with Crippen LogP contribution in [0.4, 0.5) is 11.4 Å². The smallest absolute Gasteiger partial charge is 0.314 e. The Labute approximate surface area is 205 Å². The van der Waals surface area contributed by atoms with Crippen LogP contribution in [0.2, 0.25) is 5.02 Å². The lowest BCUT2D eigenvalue weighted by Gasteiger charge is -2.28. The molecule has 4 aromatic rings. The van der Waals surface area contributed by atoms with E-state index in [0.717, 1.165) is 29.1 Å². The Morgan fingerprint density at radius 3 is 2.43 bits per heavy atom. The topological polar surface area (TPSA) is 124 Å². The van der Waals surface area contributed by atoms with E-state index in [-0.39, 0.29) is 16.1 Å². The number of nitrogens with one attached hydrogen (secondary N) is 3. The number of ether oxygens (including phenoxy) is 1. The highest BCUT2D eigenvalue weighted by Crippen LogP contribution is 2.38. The number of benzene rings is 3. The van der Waals surface area contributed by atoms with Crippen LogP contribution in [0.3, 0.4) is 0 Å². The quantitative estimate of drug-likeness (QED) is 0.360. The van der Waals surface area contributed by atoms with E-state index < -0.39 is 21.1 Å². The molecule has 1 aliphatic heterocycles. The van der Waals surface area contributed by atoms with Gasteiger partial charge in [0.2, 0.25) is 0 Å². The number of halogens is 1. The largest absolute Gasteiger partial charge is 0.490 e. The number of aromatic nitrogens is 2. The summed E-state index contributed by atoms with van der Waals surface area (Å²) in [4.78, 5) is 30.1. The molecule has 0 saturated carbocycles. The van der Waals surface area contributed by atoms with Crippen LogP contribution < -0.4 is 25.5 Å². The van der Waals surface area contributed by atoms with E-state index in [1.54, 1.807) is 19.1 Å². The summed E-state index contributed by atoms with van der Waals surface area (Å²) in [7, 11) is -2.02. The summed E-state index contributed by atoms with van der Waals surface area (Å²) >= 11 is 6.53. The fourth-order valence-electron chi connectivity index (χ4n) is 4.09. The molecule has 0 bridgehead atoms. The third kappa shape index (κ3) is 4.26. The Balaban J connectivity index is 1.46. The summed E-state index contributed by atoms with van der Waals surface area (Å²) in [6.07, 6.45) is 0. The van der Waals surface area contributed by atoms with Crippen molar-refractivity contribution in [1.82, 2.24) is 9.97 Å². The van der Waals surface area contributed by atoms with Gasteiger partial charge in [0.25, 0.3) is 10.0 Å². The first-order chi connectivity index (χ1) is 16.6. The van der Waals surface area contributed by atoms with Crippen molar-refractivity contribution in [3.63, 3.8) is 0 Å². The summed E-state index contributed by atoms with van der Waals surface area (Å²) in [5, 5.41) is 0.367. The summed E-state index contributed by atoms with van der Waals surface area (Å²) in [6, 6.07) is 13.5. The lowest BCUT2D eigenvalue weighted by atomic mass is 10.0. The number of hydrogen-bond acceptors (Lipinski definition) is 6. The minimum Gasteiger partial charge on any atom is -0.490 e. The SMILES string of the molecule is Cc1cc2[nH]c(=O)c(=O)[nH]c2cc1S(=O)(=O)Nc1ccc(-c2ccc3c(c2)OCCN3C)c(Cl)c1.